The second kappa shape index (κ2) is 7.97. The van der Waals surface area contributed by atoms with Crippen LogP contribution in [0.2, 0.25) is 0 Å². The molecule has 0 aliphatic carbocycles. The summed E-state index contributed by atoms with van der Waals surface area (Å²) in [4.78, 5) is 13.1. The van der Waals surface area contributed by atoms with Crippen molar-refractivity contribution in [3.05, 3.63) is 29.8 Å². The Bertz CT molecular complexity index is 467. The zero-order valence-corrected chi connectivity index (χ0v) is 12.2. The molecule has 2 rings (SSSR count). The maximum atomic E-state index is 10.8. The summed E-state index contributed by atoms with van der Waals surface area (Å²) in [6, 6.07) is 6.51. The van der Waals surface area contributed by atoms with E-state index in [1.807, 2.05) is 0 Å². The van der Waals surface area contributed by atoms with E-state index in [1.165, 1.54) is 6.07 Å². The predicted molar refractivity (Wildman–Crippen MR) is 79.0 cm³/mol. The van der Waals surface area contributed by atoms with Crippen LogP contribution in [0, 0.1) is 0 Å². The highest BCUT2D eigenvalue weighted by Gasteiger charge is 2.16. The molecule has 0 spiro atoms. The van der Waals surface area contributed by atoms with Gasteiger partial charge in [0.2, 0.25) is 0 Å². The minimum atomic E-state index is -0.947. The molecule has 0 aromatic heterocycles. The molecule has 1 aromatic rings. The molecular formula is C15H22N2O4. The monoisotopic (exact) mass is 294 g/mol. The molecule has 1 aromatic carbocycles. The fourth-order valence-corrected chi connectivity index (χ4v) is 2.21. The lowest BCUT2D eigenvalue weighted by Gasteiger charge is -2.30. The van der Waals surface area contributed by atoms with Crippen molar-refractivity contribution in [1.29, 1.82) is 0 Å². The van der Waals surface area contributed by atoms with Crippen LogP contribution in [0.1, 0.15) is 10.4 Å². The molecule has 116 valence electrons. The zero-order valence-electron chi connectivity index (χ0n) is 12.2. The van der Waals surface area contributed by atoms with Gasteiger partial charge in [0, 0.05) is 26.2 Å². The number of carbonyl (C=O) groups is 1. The quantitative estimate of drug-likeness (QED) is 0.721. The highest BCUT2D eigenvalue weighted by atomic mass is 16.5. The number of aromatic carboxylic acids is 1. The lowest BCUT2D eigenvalue weighted by atomic mass is 10.2. The van der Waals surface area contributed by atoms with Gasteiger partial charge in [0.1, 0.15) is 12.4 Å². The third-order valence-corrected chi connectivity index (χ3v) is 3.34. The molecule has 0 bridgehead atoms. The third kappa shape index (κ3) is 5.34. The van der Waals surface area contributed by atoms with E-state index in [4.69, 9.17) is 14.6 Å². The van der Waals surface area contributed by atoms with Crippen LogP contribution in [0.15, 0.2) is 24.3 Å². The first-order valence-electron chi connectivity index (χ1n) is 7.12. The Hall–Kier alpha value is -1.63. The van der Waals surface area contributed by atoms with Crippen LogP contribution in [-0.2, 0) is 4.74 Å². The molecule has 1 aliphatic heterocycles. The van der Waals surface area contributed by atoms with Gasteiger partial charge < -0.3 is 24.8 Å². The second-order valence-electron chi connectivity index (χ2n) is 5.14. The van der Waals surface area contributed by atoms with E-state index in [-0.39, 0.29) is 11.7 Å². The summed E-state index contributed by atoms with van der Waals surface area (Å²) in [7, 11) is 2.09. The first kappa shape index (κ1) is 15.8. The van der Waals surface area contributed by atoms with E-state index in [1.54, 1.807) is 18.2 Å². The van der Waals surface area contributed by atoms with Gasteiger partial charge >= 0.3 is 5.97 Å². The number of nitrogens with zero attached hydrogens (tertiary/aromatic N) is 1. The number of hydrogen-bond donors (Lipinski definition) is 2. The molecule has 6 nitrogen and oxygen atoms in total. The SMILES string of the molecule is CN1CCOC(CNCCOc2cccc(C(=O)O)c2)C1. The minimum absolute atomic E-state index is 0.221. The Morgan fingerprint density at radius 2 is 2.43 bits per heavy atom. The third-order valence-electron chi connectivity index (χ3n) is 3.34. The largest absolute Gasteiger partial charge is 0.492 e. The first-order chi connectivity index (χ1) is 10.1. The van der Waals surface area contributed by atoms with E-state index in [9.17, 15) is 4.79 Å². The molecule has 0 amide bonds. The summed E-state index contributed by atoms with van der Waals surface area (Å²) in [6.45, 7) is 4.69. The molecule has 1 heterocycles. The molecular weight excluding hydrogens is 272 g/mol. The van der Waals surface area contributed by atoms with Crippen LogP contribution in [0.5, 0.6) is 5.75 Å². The van der Waals surface area contributed by atoms with Gasteiger partial charge in [-0.15, -0.1) is 0 Å². The number of ether oxygens (including phenoxy) is 2. The average Bonchev–Trinajstić information content (AvgIpc) is 2.47. The maximum absolute atomic E-state index is 10.8. The van der Waals surface area contributed by atoms with Crippen LogP contribution >= 0.6 is 0 Å². The lowest BCUT2D eigenvalue weighted by molar-refractivity contribution is -0.0182. The van der Waals surface area contributed by atoms with E-state index in [0.717, 1.165) is 26.2 Å². The normalized spacial score (nSPS) is 19.4. The molecule has 1 atom stereocenters. The predicted octanol–water partition coefficient (Wildman–Crippen LogP) is 0.684. The maximum Gasteiger partial charge on any atom is 0.335 e. The summed E-state index contributed by atoms with van der Waals surface area (Å²) in [5.41, 5.74) is 0.235. The molecule has 2 N–H and O–H groups in total. The average molecular weight is 294 g/mol. The molecule has 1 unspecified atom stereocenters. The Balaban J connectivity index is 1.63. The van der Waals surface area contributed by atoms with Crippen LogP contribution in [0.4, 0.5) is 0 Å². The number of likely N-dealkylation sites (N-methyl/N-ethyl adjacent to an activating group) is 1. The van der Waals surface area contributed by atoms with Gasteiger partial charge in [-0.05, 0) is 25.2 Å². The molecule has 1 saturated heterocycles. The van der Waals surface area contributed by atoms with Crippen molar-refractivity contribution >= 4 is 5.97 Å². The number of rotatable bonds is 7. The van der Waals surface area contributed by atoms with Gasteiger partial charge in [-0.3, -0.25) is 0 Å². The van der Waals surface area contributed by atoms with Gasteiger partial charge in [-0.1, -0.05) is 6.07 Å². The summed E-state index contributed by atoms with van der Waals surface area (Å²) in [6.07, 6.45) is 0.221. The van der Waals surface area contributed by atoms with E-state index in [0.29, 0.717) is 18.9 Å². The lowest BCUT2D eigenvalue weighted by Crippen LogP contribution is -2.45. The zero-order chi connectivity index (χ0) is 15.1. The first-order valence-corrected chi connectivity index (χ1v) is 7.12. The van der Waals surface area contributed by atoms with E-state index in [2.05, 4.69) is 17.3 Å². The summed E-state index contributed by atoms with van der Waals surface area (Å²) in [5, 5.41) is 12.2. The molecule has 0 radical (unpaired) electrons. The van der Waals surface area contributed by atoms with Gasteiger partial charge in [0.15, 0.2) is 0 Å². The highest BCUT2D eigenvalue weighted by molar-refractivity contribution is 5.87. The molecule has 6 heteroatoms. The number of carboxylic acids is 1. The Morgan fingerprint density at radius 1 is 1.57 bits per heavy atom. The fraction of sp³-hybridized carbons (Fsp3) is 0.533. The number of hydrogen-bond acceptors (Lipinski definition) is 5. The van der Waals surface area contributed by atoms with Crippen LogP contribution in [0.25, 0.3) is 0 Å². The molecule has 0 saturated carbocycles. The molecule has 1 aliphatic rings. The van der Waals surface area contributed by atoms with Crippen molar-refractivity contribution in [1.82, 2.24) is 10.2 Å². The number of benzene rings is 1. The highest BCUT2D eigenvalue weighted by Crippen LogP contribution is 2.12. The summed E-state index contributed by atoms with van der Waals surface area (Å²) in [5.74, 6) is -0.373. The Kier molecular flexibility index (Phi) is 5.98. The number of nitrogens with one attached hydrogen (secondary N) is 1. The van der Waals surface area contributed by atoms with Crippen molar-refractivity contribution in [3.63, 3.8) is 0 Å². The smallest absolute Gasteiger partial charge is 0.335 e. The molecule has 21 heavy (non-hydrogen) atoms. The second-order valence-corrected chi connectivity index (χ2v) is 5.14. The molecule has 1 fully saturated rings. The minimum Gasteiger partial charge on any atom is -0.492 e. The van der Waals surface area contributed by atoms with Gasteiger partial charge in [0.25, 0.3) is 0 Å². The van der Waals surface area contributed by atoms with Crippen LogP contribution in [0.3, 0.4) is 0 Å². The fourth-order valence-electron chi connectivity index (χ4n) is 2.21. The van der Waals surface area contributed by atoms with Crippen LogP contribution in [-0.4, -0.2) is 68.5 Å². The topological polar surface area (TPSA) is 71.0 Å². The Labute approximate surface area is 124 Å². The number of morpholine rings is 1. The van der Waals surface area contributed by atoms with Gasteiger partial charge in [0.05, 0.1) is 18.3 Å². The van der Waals surface area contributed by atoms with Crippen LogP contribution < -0.4 is 10.1 Å². The van der Waals surface area contributed by atoms with Crippen molar-refractivity contribution in [2.75, 3.05) is 46.4 Å². The summed E-state index contributed by atoms with van der Waals surface area (Å²) < 4.78 is 11.2. The van der Waals surface area contributed by atoms with Crippen molar-refractivity contribution < 1.29 is 19.4 Å². The van der Waals surface area contributed by atoms with Crippen molar-refractivity contribution in [2.24, 2.45) is 0 Å². The Morgan fingerprint density at radius 3 is 3.19 bits per heavy atom. The van der Waals surface area contributed by atoms with Gasteiger partial charge in [-0.2, -0.15) is 0 Å². The number of carboxylic acid groups (broad SMARTS) is 1. The summed E-state index contributed by atoms with van der Waals surface area (Å²) >= 11 is 0. The van der Waals surface area contributed by atoms with E-state index >= 15 is 0 Å². The van der Waals surface area contributed by atoms with Gasteiger partial charge in [-0.25, -0.2) is 4.79 Å². The van der Waals surface area contributed by atoms with E-state index < -0.39 is 5.97 Å². The van der Waals surface area contributed by atoms with Crippen molar-refractivity contribution in [3.8, 4) is 5.75 Å². The van der Waals surface area contributed by atoms with Crippen molar-refractivity contribution in [2.45, 2.75) is 6.10 Å². The standard InChI is InChI=1S/C15H22N2O4/c1-17-6-8-21-14(11-17)10-16-5-7-20-13-4-2-3-12(9-13)15(18)19/h2-4,9,14,16H,5-8,10-11H2,1H3,(H,18,19).